The highest BCUT2D eigenvalue weighted by Crippen LogP contribution is 2.29. The van der Waals surface area contributed by atoms with Crippen molar-refractivity contribution in [3.8, 4) is 0 Å². The molecule has 25 heavy (non-hydrogen) atoms. The molecule has 0 unspecified atom stereocenters. The summed E-state index contributed by atoms with van der Waals surface area (Å²) in [5.41, 5.74) is 0.591. The monoisotopic (exact) mass is 344 g/mol. The van der Waals surface area contributed by atoms with Crippen LogP contribution in [-0.2, 0) is 4.79 Å². The Bertz CT molecular complexity index is 546. The van der Waals surface area contributed by atoms with E-state index in [2.05, 4.69) is 10.2 Å². The van der Waals surface area contributed by atoms with Crippen LogP contribution in [0.4, 0.5) is 0 Å². The van der Waals surface area contributed by atoms with E-state index in [1.807, 2.05) is 37.3 Å². The van der Waals surface area contributed by atoms with Gasteiger partial charge in [0, 0.05) is 25.7 Å². The van der Waals surface area contributed by atoms with Crippen LogP contribution in [0.5, 0.6) is 0 Å². The molecule has 0 radical (unpaired) electrons. The Kier molecular flexibility index (Phi) is 6.13. The molecule has 1 aromatic rings. The summed E-state index contributed by atoms with van der Waals surface area (Å²) < 4.78 is 0. The minimum absolute atomic E-state index is 0.109. The van der Waals surface area contributed by atoms with Crippen molar-refractivity contribution in [1.29, 1.82) is 0 Å². The van der Waals surface area contributed by atoms with Crippen LogP contribution in [0, 0.1) is 0 Å². The van der Waals surface area contributed by atoms with Crippen molar-refractivity contribution >= 4 is 5.91 Å². The first-order chi connectivity index (χ1) is 12.1. The molecule has 138 valence electrons. The Hall–Kier alpha value is -1.39. The molecule has 1 heterocycles. The largest absolute Gasteiger partial charge is 0.389 e. The molecule has 2 N–H and O–H groups in total. The Morgan fingerprint density at radius 1 is 1.20 bits per heavy atom. The van der Waals surface area contributed by atoms with Gasteiger partial charge in [0.05, 0.1) is 11.5 Å². The zero-order valence-electron chi connectivity index (χ0n) is 15.4. The first kappa shape index (κ1) is 18.4. The Balaban J connectivity index is 1.44. The van der Waals surface area contributed by atoms with E-state index < -0.39 is 5.60 Å². The van der Waals surface area contributed by atoms with Crippen LogP contribution in [-0.4, -0.2) is 47.2 Å². The van der Waals surface area contributed by atoms with Crippen LogP contribution in [0.1, 0.15) is 63.4 Å². The van der Waals surface area contributed by atoms with Gasteiger partial charge in [0.2, 0.25) is 5.91 Å². The van der Waals surface area contributed by atoms with Gasteiger partial charge in [-0.1, -0.05) is 49.6 Å². The van der Waals surface area contributed by atoms with Gasteiger partial charge in [-0.15, -0.1) is 0 Å². The van der Waals surface area contributed by atoms with Crippen molar-refractivity contribution in [2.45, 2.75) is 69.4 Å². The fraction of sp³-hybridized carbons (Fsp3) is 0.667. The van der Waals surface area contributed by atoms with E-state index in [4.69, 9.17) is 0 Å². The standard InChI is InChI=1S/C21H32N2O2/c1-17(18-8-4-2-5-9-18)20(24)22-19-10-14-23(15-11-19)16-21(25)12-6-3-7-13-21/h2,4-5,8-9,17,19,25H,3,6-7,10-16H2,1H3,(H,22,24)/t17-/m0/s1. The summed E-state index contributed by atoms with van der Waals surface area (Å²) in [6, 6.07) is 10.2. The molecule has 0 spiro atoms. The van der Waals surface area contributed by atoms with Crippen LogP contribution in [0.15, 0.2) is 30.3 Å². The van der Waals surface area contributed by atoms with E-state index in [-0.39, 0.29) is 17.9 Å². The SMILES string of the molecule is C[C@H](C(=O)NC1CCN(CC2(O)CCCCC2)CC1)c1ccccc1. The minimum atomic E-state index is -0.476. The highest BCUT2D eigenvalue weighted by Gasteiger charge is 2.33. The van der Waals surface area contributed by atoms with Gasteiger partial charge in [0.1, 0.15) is 0 Å². The fourth-order valence-electron chi connectivity index (χ4n) is 4.24. The van der Waals surface area contributed by atoms with E-state index in [1.54, 1.807) is 0 Å². The van der Waals surface area contributed by atoms with Crippen molar-refractivity contribution in [2.75, 3.05) is 19.6 Å². The zero-order chi connectivity index (χ0) is 17.7. The average molecular weight is 344 g/mol. The van der Waals surface area contributed by atoms with Crippen LogP contribution in [0.25, 0.3) is 0 Å². The molecular formula is C21H32N2O2. The highest BCUT2D eigenvalue weighted by molar-refractivity contribution is 5.83. The third-order valence-electron chi connectivity index (χ3n) is 5.93. The summed E-state index contributed by atoms with van der Waals surface area (Å²) in [5, 5.41) is 13.9. The fourth-order valence-corrected chi connectivity index (χ4v) is 4.24. The number of hydrogen-bond donors (Lipinski definition) is 2. The number of amides is 1. The van der Waals surface area contributed by atoms with Crippen molar-refractivity contribution in [1.82, 2.24) is 10.2 Å². The molecule has 4 heteroatoms. The number of hydrogen-bond acceptors (Lipinski definition) is 3. The molecule has 1 atom stereocenters. The van der Waals surface area contributed by atoms with Gasteiger partial charge in [-0.05, 0) is 38.2 Å². The Morgan fingerprint density at radius 3 is 2.48 bits per heavy atom. The maximum absolute atomic E-state index is 12.5. The molecule has 1 amide bonds. The van der Waals surface area contributed by atoms with E-state index in [9.17, 15) is 9.90 Å². The second-order valence-electron chi connectivity index (χ2n) is 7.98. The molecule has 1 saturated carbocycles. The van der Waals surface area contributed by atoms with Gasteiger partial charge in [-0.25, -0.2) is 0 Å². The summed E-state index contributed by atoms with van der Waals surface area (Å²) in [5.74, 6) is 0.0118. The zero-order valence-corrected chi connectivity index (χ0v) is 15.4. The van der Waals surface area contributed by atoms with Crippen LogP contribution >= 0.6 is 0 Å². The third kappa shape index (κ3) is 5.05. The van der Waals surface area contributed by atoms with Crippen LogP contribution < -0.4 is 5.32 Å². The minimum Gasteiger partial charge on any atom is -0.389 e. The second kappa shape index (κ2) is 8.33. The first-order valence-electron chi connectivity index (χ1n) is 9.86. The van der Waals surface area contributed by atoms with Crippen molar-refractivity contribution in [2.24, 2.45) is 0 Å². The maximum atomic E-state index is 12.5. The topological polar surface area (TPSA) is 52.6 Å². The number of aliphatic hydroxyl groups is 1. The number of benzene rings is 1. The lowest BCUT2D eigenvalue weighted by Gasteiger charge is -2.40. The average Bonchev–Trinajstić information content (AvgIpc) is 2.64. The molecule has 0 aromatic heterocycles. The molecule has 2 fully saturated rings. The normalized spacial score (nSPS) is 23.1. The molecule has 1 saturated heterocycles. The second-order valence-corrected chi connectivity index (χ2v) is 7.98. The summed E-state index contributed by atoms with van der Waals surface area (Å²) in [7, 11) is 0. The van der Waals surface area contributed by atoms with Crippen LogP contribution in [0.3, 0.4) is 0 Å². The number of rotatable bonds is 5. The molecule has 1 aliphatic carbocycles. The number of likely N-dealkylation sites (tertiary alicyclic amines) is 1. The van der Waals surface area contributed by atoms with E-state index in [0.29, 0.717) is 0 Å². The van der Waals surface area contributed by atoms with Crippen molar-refractivity contribution in [3.05, 3.63) is 35.9 Å². The van der Waals surface area contributed by atoms with Crippen LogP contribution in [0.2, 0.25) is 0 Å². The number of nitrogens with zero attached hydrogens (tertiary/aromatic N) is 1. The molecular weight excluding hydrogens is 312 g/mol. The number of β-amino-alcohol motifs (C(OH)–C–C–N with tert-alkyl or cyclic N) is 1. The van der Waals surface area contributed by atoms with Gasteiger partial charge < -0.3 is 15.3 Å². The van der Waals surface area contributed by atoms with Gasteiger partial charge in [0.25, 0.3) is 0 Å². The Labute approximate surface area is 151 Å². The molecule has 1 aliphatic heterocycles. The Morgan fingerprint density at radius 2 is 1.84 bits per heavy atom. The molecule has 4 nitrogen and oxygen atoms in total. The summed E-state index contributed by atoms with van der Waals surface area (Å²) in [6.45, 7) is 4.70. The molecule has 0 bridgehead atoms. The predicted octanol–water partition coefficient (Wildman–Crippen LogP) is 3.07. The summed E-state index contributed by atoms with van der Waals surface area (Å²) >= 11 is 0. The van der Waals surface area contributed by atoms with E-state index in [0.717, 1.165) is 63.7 Å². The van der Waals surface area contributed by atoms with Gasteiger partial charge in [-0.2, -0.15) is 0 Å². The quantitative estimate of drug-likeness (QED) is 0.863. The van der Waals surface area contributed by atoms with Gasteiger partial charge in [0.15, 0.2) is 0 Å². The van der Waals surface area contributed by atoms with E-state index >= 15 is 0 Å². The molecule has 2 aliphatic rings. The first-order valence-corrected chi connectivity index (χ1v) is 9.86. The van der Waals surface area contributed by atoms with Gasteiger partial charge >= 0.3 is 0 Å². The maximum Gasteiger partial charge on any atom is 0.227 e. The smallest absolute Gasteiger partial charge is 0.227 e. The number of piperidine rings is 1. The summed E-state index contributed by atoms with van der Waals surface area (Å²) in [6.07, 6.45) is 7.40. The third-order valence-corrected chi connectivity index (χ3v) is 5.93. The lowest BCUT2D eigenvalue weighted by molar-refractivity contribution is -0.123. The summed E-state index contributed by atoms with van der Waals surface area (Å²) in [4.78, 5) is 14.9. The molecule has 3 rings (SSSR count). The number of carbonyl (C=O) groups is 1. The number of carbonyl (C=O) groups excluding carboxylic acids is 1. The van der Waals surface area contributed by atoms with E-state index in [1.165, 1.54) is 6.42 Å². The lowest BCUT2D eigenvalue weighted by Crippen LogP contribution is -2.50. The predicted molar refractivity (Wildman–Crippen MR) is 100 cm³/mol. The van der Waals surface area contributed by atoms with Crippen molar-refractivity contribution < 1.29 is 9.90 Å². The highest BCUT2D eigenvalue weighted by atomic mass is 16.3. The van der Waals surface area contributed by atoms with Gasteiger partial charge in [-0.3, -0.25) is 4.79 Å². The number of nitrogens with one attached hydrogen (secondary N) is 1. The van der Waals surface area contributed by atoms with Crippen molar-refractivity contribution in [3.63, 3.8) is 0 Å². The molecule has 1 aromatic carbocycles. The lowest BCUT2D eigenvalue weighted by atomic mass is 9.84.